The monoisotopic (exact) mass is 452 g/mol. The van der Waals surface area contributed by atoms with Crippen molar-refractivity contribution in [2.75, 3.05) is 14.1 Å². The predicted octanol–water partition coefficient (Wildman–Crippen LogP) is 4.54. The molecule has 0 fully saturated rings. The lowest BCUT2D eigenvalue weighted by Crippen LogP contribution is -2.23. The Bertz CT molecular complexity index is 1270. The van der Waals surface area contributed by atoms with Gasteiger partial charge in [0.25, 0.3) is 11.8 Å². The Hall–Kier alpha value is -4.19. The largest absolute Gasteiger partial charge is 0.348 e. The van der Waals surface area contributed by atoms with E-state index in [1.807, 2.05) is 73.7 Å². The van der Waals surface area contributed by atoms with E-state index >= 15 is 0 Å². The maximum Gasteiger partial charge on any atom is 0.255 e. The van der Waals surface area contributed by atoms with E-state index in [4.69, 9.17) is 5.10 Å². The molecule has 0 spiro atoms. The summed E-state index contributed by atoms with van der Waals surface area (Å²) < 4.78 is 1.81. The van der Waals surface area contributed by atoms with Crippen LogP contribution in [-0.2, 0) is 13.1 Å². The van der Waals surface area contributed by atoms with Gasteiger partial charge in [-0.15, -0.1) is 0 Å². The van der Waals surface area contributed by atoms with Crippen LogP contribution < -0.4 is 5.32 Å². The first-order valence-corrected chi connectivity index (χ1v) is 11.2. The SMILES string of the molecule is Cc1ccc(-c2nn(Cc3ccccc3)cc2C(=O)NCc2ccc(C(=O)N(C)C)cc2)cc1. The molecule has 0 aliphatic carbocycles. The Kier molecular flexibility index (Phi) is 6.87. The highest BCUT2D eigenvalue weighted by Gasteiger charge is 2.18. The highest BCUT2D eigenvalue weighted by Crippen LogP contribution is 2.23. The lowest BCUT2D eigenvalue weighted by Gasteiger charge is -2.11. The fourth-order valence-electron chi connectivity index (χ4n) is 3.66. The van der Waals surface area contributed by atoms with Gasteiger partial charge in [-0.1, -0.05) is 72.3 Å². The lowest BCUT2D eigenvalue weighted by molar-refractivity contribution is 0.0827. The number of hydrogen-bond acceptors (Lipinski definition) is 3. The normalized spacial score (nSPS) is 10.7. The van der Waals surface area contributed by atoms with Crippen molar-refractivity contribution < 1.29 is 9.59 Å². The first-order valence-electron chi connectivity index (χ1n) is 11.2. The number of aryl methyl sites for hydroxylation is 1. The standard InChI is InChI=1S/C28H28N4O2/c1-20-9-13-23(14-10-20)26-25(19-32(30-26)18-22-7-5-4-6-8-22)27(33)29-17-21-11-15-24(16-12-21)28(34)31(2)3/h4-16,19H,17-18H2,1-3H3,(H,29,33). The Morgan fingerprint density at radius 3 is 2.21 bits per heavy atom. The summed E-state index contributed by atoms with van der Waals surface area (Å²) in [7, 11) is 3.44. The number of hydrogen-bond donors (Lipinski definition) is 1. The number of aromatic nitrogens is 2. The van der Waals surface area contributed by atoms with Crippen LogP contribution in [-0.4, -0.2) is 40.6 Å². The van der Waals surface area contributed by atoms with Gasteiger partial charge in [-0.25, -0.2) is 0 Å². The van der Waals surface area contributed by atoms with Crippen molar-refractivity contribution in [3.63, 3.8) is 0 Å². The van der Waals surface area contributed by atoms with Crippen molar-refractivity contribution in [2.45, 2.75) is 20.0 Å². The zero-order valence-corrected chi connectivity index (χ0v) is 19.7. The molecule has 0 aliphatic heterocycles. The zero-order chi connectivity index (χ0) is 24.1. The van der Waals surface area contributed by atoms with Gasteiger partial charge in [0.05, 0.1) is 12.1 Å². The second-order valence-corrected chi connectivity index (χ2v) is 8.52. The Labute approximate surface area is 199 Å². The van der Waals surface area contributed by atoms with Crippen LogP contribution in [0.3, 0.4) is 0 Å². The van der Waals surface area contributed by atoms with Crippen molar-refractivity contribution in [3.05, 3.63) is 113 Å². The van der Waals surface area contributed by atoms with E-state index in [-0.39, 0.29) is 11.8 Å². The molecule has 0 radical (unpaired) electrons. The molecule has 0 bridgehead atoms. The summed E-state index contributed by atoms with van der Waals surface area (Å²) in [6, 6.07) is 25.3. The summed E-state index contributed by atoms with van der Waals surface area (Å²) in [6.45, 7) is 2.96. The van der Waals surface area contributed by atoms with Gasteiger partial charge in [0.2, 0.25) is 0 Å². The minimum atomic E-state index is -0.191. The molecule has 6 heteroatoms. The van der Waals surface area contributed by atoms with Gasteiger partial charge in [0.1, 0.15) is 5.69 Å². The van der Waals surface area contributed by atoms with Crippen molar-refractivity contribution in [1.82, 2.24) is 20.0 Å². The van der Waals surface area contributed by atoms with E-state index in [0.29, 0.717) is 29.9 Å². The molecule has 172 valence electrons. The molecule has 3 aromatic carbocycles. The smallest absolute Gasteiger partial charge is 0.255 e. The van der Waals surface area contributed by atoms with Crippen LogP contribution in [0.1, 0.15) is 37.4 Å². The maximum atomic E-state index is 13.2. The fourth-order valence-corrected chi connectivity index (χ4v) is 3.66. The van der Waals surface area contributed by atoms with Crippen LogP contribution in [0.4, 0.5) is 0 Å². The highest BCUT2D eigenvalue weighted by atomic mass is 16.2. The first-order chi connectivity index (χ1) is 16.4. The maximum absolute atomic E-state index is 13.2. The van der Waals surface area contributed by atoms with Gasteiger partial charge in [-0.05, 0) is 30.2 Å². The van der Waals surface area contributed by atoms with Crippen molar-refractivity contribution in [3.8, 4) is 11.3 Å². The number of amides is 2. The zero-order valence-electron chi connectivity index (χ0n) is 19.7. The second-order valence-electron chi connectivity index (χ2n) is 8.52. The Morgan fingerprint density at radius 1 is 0.882 bits per heavy atom. The third-order valence-electron chi connectivity index (χ3n) is 5.58. The molecule has 0 saturated carbocycles. The molecule has 34 heavy (non-hydrogen) atoms. The summed E-state index contributed by atoms with van der Waals surface area (Å²) in [6.07, 6.45) is 1.80. The number of benzene rings is 3. The van der Waals surface area contributed by atoms with Gasteiger partial charge in [-0.2, -0.15) is 5.10 Å². The number of nitrogens with one attached hydrogen (secondary N) is 1. The molecule has 0 aliphatic rings. The number of nitrogens with zero attached hydrogens (tertiary/aromatic N) is 3. The average Bonchev–Trinajstić information content (AvgIpc) is 3.27. The van der Waals surface area contributed by atoms with Crippen LogP contribution in [0.15, 0.2) is 85.1 Å². The molecule has 4 aromatic rings. The van der Waals surface area contributed by atoms with Crippen molar-refractivity contribution in [1.29, 1.82) is 0 Å². The molecule has 0 atom stereocenters. The van der Waals surface area contributed by atoms with Crippen LogP contribution in [0, 0.1) is 6.92 Å². The summed E-state index contributed by atoms with van der Waals surface area (Å²) in [5.41, 5.74) is 5.87. The summed E-state index contributed by atoms with van der Waals surface area (Å²) in [4.78, 5) is 26.8. The lowest BCUT2D eigenvalue weighted by atomic mass is 10.1. The van der Waals surface area contributed by atoms with Crippen molar-refractivity contribution in [2.24, 2.45) is 0 Å². The molecular weight excluding hydrogens is 424 g/mol. The fraction of sp³-hybridized carbons (Fsp3) is 0.179. The van der Waals surface area contributed by atoms with E-state index in [2.05, 4.69) is 5.32 Å². The van der Waals surface area contributed by atoms with Crippen LogP contribution >= 0.6 is 0 Å². The molecule has 0 unspecified atom stereocenters. The van der Waals surface area contributed by atoms with Gasteiger partial charge < -0.3 is 10.2 Å². The van der Waals surface area contributed by atoms with Crippen molar-refractivity contribution >= 4 is 11.8 Å². The predicted molar refractivity (Wildman–Crippen MR) is 134 cm³/mol. The van der Waals surface area contributed by atoms with Gasteiger partial charge in [0.15, 0.2) is 0 Å². The van der Waals surface area contributed by atoms with Gasteiger partial charge in [0, 0.05) is 38.0 Å². The first kappa shape index (κ1) is 23.0. The number of carbonyl (C=O) groups is 2. The molecule has 4 rings (SSSR count). The van der Waals surface area contributed by atoms with E-state index in [9.17, 15) is 9.59 Å². The molecule has 6 nitrogen and oxygen atoms in total. The van der Waals surface area contributed by atoms with Gasteiger partial charge in [-0.3, -0.25) is 14.3 Å². The summed E-state index contributed by atoms with van der Waals surface area (Å²) >= 11 is 0. The Morgan fingerprint density at radius 2 is 1.56 bits per heavy atom. The highest BCUT2D eigenvalue weighted by molar-refractivity contribution is 5.99. The quantitative estimate of drug-likeness (QED) is 0.448. The Balaban J connectivity index is 1.54. The topological polar surface area (TPSA) is 67.2 Å². The summed E-state index contributed by atoms with van der Waals surface area (Å²) in [5.74, 6) is -0.243. The molecular formula is C28H28N4O2. The molecule has 1 N–H and O–H groups in total. The molecule has 0 saturated heterocycles. The van der Waals surface area contributed by atoms with Crippen LogP contribution in [0.2, 0.25) is 0 Å². The molecule has 1 aromatic heterocycles. The third-order valence-corrected chi connectivity index (χ3v) is 5.58. The second kappa shape index (κ2) is 10.2. The van der Waals surface area contributed by atoms with E-state index < -0.39 is 0 Å². The number of carbonyl (C=O) groups excluding carboxylic acids is 2. The van der Waals surface area contributed by atoms with Crippen LogP contribution in [0.5, 0.6) is 0 Å². The van der Waals surface area contributed by atoms with E-state index in [1.165, 1.54) is 4.90 Å². The average molecular weight is 453 g/mol. The van der Waals surface area contributed by atoms with Gasteiger partial charge >= 0.3 is 0 Å². The van der Waals surface area contributed by atoms with E-state index in [0.717, 1.165) is 22.3 Å². The molecule has 1 heterocycles. The minimum Gasteiger partial charge on any atom is -0.348 e. The third kappa shape index (κ3) is 5.41. The van der Waals surface area contributed by atoms with Crippen LogP contribution in [0.25, 0.3) is 11.3 Å². The minimum absolute atomic E-state index is 0.0517. The van der Waals surface area contributed by atoms with E-state index in [1.54, 1.807) is 37.1 Å². The summed E-state index contributed by atoms with van der Waals surface area (Å²) in [5, 5.41) is 7.74. The number of rotatable bonds is 7. The molecule has 2 amide bonds.